The number of nitrogens with zero attached hydrogens (tertiary/aromatic N) is 2. The topological polar surface area (TPSA) is 9.86 Å². The van der Waals surface area contributed by atoms with E-state index in [1.807, 2.05) is 0 Å². The molecule has 0 unspecified atom stereocenters. The molecule has 11 aromatic rings. The molecule has 0 aliphatic rings. The molecule has 0 N–H and O–H groups in total. The number of para-hydroxylation sites is 3. The predicted molar refractivity (Wildman–Crippen MR) is 237 cm³/mol. The van der Waals surface area contributed by atoms with Gasteiger partial charge in [-0.3, -0.25) is 0 Å². The van der Waals surface area contributed by atoms with Crippen LogP contribution in [-0.2, 0) is 0 Å². The third-order valence-electron chi connectivity index (χ3n) is 11.3. The number of aromatic nitrogens is 2. The molecule has 9 aromatic carbocycles. The summed E-state index contributed by atoms with van der Waals surface area (Å²) in [4.78, 5) is 0. The maximum absolute atomic E-state index is 2.49. The third-order valence-corrected chi connectivity index (χ3v) is 11.3. The molecule has 0 fully saturated rings. The van der Waals surface area contributed by atoms with Crippen LogP contribution < -0.4 is 0 Å². The smallest absolute Gasteiger partial charge is 0.0619 e. The van der Waals surface area contributed by atoms with Gasteiger partial charge < -0.3 is 9.13 Å². The SMILES string of the molecule is c1ccc(-c2cccc(-n3c4ccccc4c4ccc(-c5cccc6c7ccccc7n(-c7cc(-c8ccccc8)cc(-c8ccccc8)c7)c56)cc43)c2)cc1. The fraction of sp³-hybridized carbons (Fsp3) is 0. The van der Waals surface area contributed by atoms with Crippen LogP contribution in [0.1, 0.15) is 0 Å². The summed E-state index contributed by atoms with van der Waals surface area (Å²) in [5.74, 6) is 0. The van der Waals surface area contributed by atoms with Crippen LogP contribution in [0.4, 0.5) is 0 Å². The van der Waals surface area contributed by atoms with Crippen LogP contribution in [0.2, 0.25) is 0 Å². The molecule has 262 valence electrons. The molecule has 0 spiro atoms. The van der Waals surface area contributed by atoms with Gasteiger partial charge in [-0.2, -0.15) is 0 Å². The maximum atomic E-state index is 2.49. The minimum atomic E-state index is 1.14. The molecule has 56 heavy (non-hydrogen) atoms. The van der Waals surface area contributed by atoms with E-state index >= 15 is 0 Å². The first-order chi connectivity index (χ1) is 27.8. The minimum absolute atomic E-state index is 1.14. The molecule has 0 radical (unpaired) electrons. The Labute approximate surface area is 325 Å². The summed E-state index contributed by atoms with van der Waals surface area (Å²) < 4.78 is 4.92. The van der Waals surface area contributed by atoms with Gasteiger partial charge in [-0.15, -0.1) is 0 Å². The highest BCUT2D eigenvalue weighted by Crippen LogP contribution is 2.42. The third kappa shape index (κ3) is 5.26. The summed E-state index contributed by atoms with van der Waals surface area (Å²) in [5, 5.41) is 4.97. The van der Waals surface area contributed by atoms with Gasteiger partial charge in [0.05, 0.1) is 22.1 Å². The fourth-order valence-corrected chi connectivity index (χ4v) is 8.73. The van der Waals surface area contributed by atoms with E-state index < -0.39 is 0 Å². The zero-order chi connectivity index (χ0) is 37.0. The van der Waals surface area contributed by atoms with Gasteiger partial charge in [0, 0.05) is 38.5 Å². The van der Waals surface area contributed by atoms with Crippen molar-refractivity contribution in [3.8, 4) is 55.9 Å². The van der Waals surface area contributed by atoms with E-state index in [0.29, 0.717) is 0 Å². The standard InChI is InChI=1S/C54H36N2/c1-4-16-37(17-5-1)40-22-14-23-44(33-40)55-51-28-12-10-24-47(51)49-31-30-41(36-53(49)55)46-26-15-27-50-48-25-11-13-29-52(48)56(54(46)50)45-34-42(38-18-6-2-7-19-38)32-43(35-45)39-20-8-3-9-21-39/h1-36H. The minimum Gasteiger partial charge on any atom is -0.309 e. The van der Waals surface area contributed by atoms with Gasteiger partial charge in [0.1, 0.15) is 0 Å². The second kappa shape index (κ2) is 13.2. The molecule has 0 saturated carbocycles. The summed E-state index contributed by atoms with van der Waals surface area (Å²) >= 11 is 0. The Bertz CT molecular complexity index is 3170. The Kier molecular flexibility index (Phi) is 7.53. The first-order valence-corrected chi connectivity index (χ1v) is 19.3. The normalized spacial score (nSPS) is 11.6. The van der Waals surface area contributed by atoms with Crippen molar-refractivity contribution in [1.82, 2.24) is 9.13 Å². The monoisotopic (exact) mass is 712 g/mol. The molecular weight excluding hydrogens is 677 g/mol. The highest BCUT2D eigenvalue weighted by molar-refractivity contribution is 6.15. The van der Waals surface area contributed by atoms with Gasteiger partial charge >= 0.3 is 0 Å². The number of hydrogen-bond acceptors (Lipinski definition) is 0. The van der Waals surface area contributed by atoms with Gasteiger partial charge in [-0.1, -0.05) is 170 Å². The fourth-order valence-electron chi connectivity index (χ4n) is 8.73. The number of fused-ring (bicyclic) bond motifs is 6. The van der Waals surface area contributed by atoms with E-state index in [1.54, 1.807) is 0 Å². The molecule has 0 amide bonds. The largest absolute Gasteiger partial charge is 0.309 e. The Balaban J connectivity index is 1.18. The summed E-state index contributed by atoms with van der Waals surface area (Å²) in [7, 11) is 0. The lowest BCUT2D eigenvalue weighted by atomic mass is 9.97. The average molecular weight is 713 g/mol. The van der Waals surface area contributed by atoms with E-state index in [-0.39, 0.29) is 0 Å². The second-order valence-electron chi connectivity index (χ2n) is 14.6. The van der Waals surface area contributed by atoms with Crippen LogP contribution in [0.5, 0.6) is 0 Å². The zero-order valence-electron chi connectivity index (χ0n) is 30.7. The first-order valence-electron chi connectivity index (χ1n) is 19.3. The van der Waals surface area contributed by atoms with E-state index in [2.05, 4.69) is 228 Å². The van der Waals surface area contributed by atoms with Crippen molar-refractivity contribution in [3.63, 3.8) is 0 Å². The highest BCUT2D eigenvalue weighted by Gasteiger charge is 2.20. The Morgan fingerprint density at radius 3 is 1.38 bits per heavy atom. The number of benzene rings is 9. The van der Waals surface area contributed by atoms with Crippen LogP contribution >= 0.6 is 0 Å². The molecule has 2 aromatic heterocycles. The average Bonchev–Trinajstić information content (AvgIpc) is 3.80. The van der Waals surface area contributed by atoms with Crippen LogP contribution in [0.15, 0.2) is 218 Å². The number of rotatable bonds is 6. The highest BCUT2D eigenvalue weighted by atomic mass is 15.0. The van der Waals surface area contributed by atoms with Crippen LogP contribution in [-0.4, -0.2) is 9.13 Å². The van der Waals surface area contributed by atoms with Crippen LogP contribution in [0.25, 0.3) is 99.5 Å². The molecule has 2 heterocycles. The van der Waals surface area contributed by atoms with Gasteiger partial charge in [0.2, 0.25) is 0 Å². The Morgan fingerprint density at radius 2 is 0.714 bits per heavy atom. The number of hydrogen-bond donors (Lipinski definition) is 0. The van der Waals surface area contributed by atoms with Gasteiger partial charge in [-0.25, -0.2) is 0 Å². The Morgan fingerprint density at radius 1 is 0.232 bits per heavy atom. The van der Waals surface area contributed by atoms with E-state index in [4.69, 9.17) is 0 Å². The van der Waals surface area contributed by atoms with Gasteiger partial charge in [0.15, 0.2) is 0 Å². The quantitative estimate of drug-likeness (QED) is 0.162. The van der Waals surface area contributed by atoms with E-state index in [9.17, 15) is 0 Å². The van der Waals surface area contributed by atoms with Crippen LogP contribution in [0.3, 0.4) is 0 Å². The molecule has 2 nitrogen and oxygen atoms in total. The van der Waals surface area contributed by atoms with Crippen molar-refractivity contribution in [2.24, 2.45) is 0 Å². The van der Waals surface area contributed by atoms with Gasteiger partial charge in [0.25, 0.3) is 0 Å². The first kappa shape index (κ1) is 32.0. The maximum Gasteiger partial charge on any atom is 0.0619 e. The molecule has 0 saturated heterocycles. The summed E-state index contributed by atoms with van der Waals surface area (Å²) in [6.07, 6.45) is 0. The van der Waals surface area contributed by atoms with Gasteiger partial charge in [-0.05, 0) is 87.5 Å². The molecule has 11 rings (SSSR count). The summed E-state index contributed by atoms with van der Waals surface area (Å²) in [5.41, 5.74) is 16.6. The van der Waals surface area contributed by atoms with E-state index in [0.717, 1.165) is 11.4 Å². The van der Waals surface area contributed by atoms with Crippen molar-refractivity contribution >= 4 is 43.6 Å². The second-order valence-corrected chi connectivity index (χ2v) is 14.6. The van der Waals surface area contributed by atoms with Crippen LogP contribution in [0, 0.1) is 0 Å². The lowest BCUT2D eigenvalue weighted by Crippen LogP contribution is -1.98. The molecule has 0 aliphatic carbocycles. The lowest BCUT2D eigenvalue weighted by molar-refractivity contribution is 1.18. The van der Waals surface area contributed by atoms with E-state index in [1.165, 1.54) is 88.1 Å². The Hall–Kier alpha value is -7.42. The zero-order valence-corrected chi connectivity index (χ0v) is 30.7. The molecule has 0 atom stereocenters. The van der Waals surface area contributed by atoms with Crippen molar-refractivity contribution in [2.45, 2.75) is 0 Å². The molecule has 0 bridgehead atoms. The van der Waals surface area contributed by atoms with Crippen molar-refractivity contribution in [1.29, 1.82) is 0 Å². The van der Waals surface area contributed by atoms with Crippen molar-refractivity contribution < 1.29 is 0 Å². The molecule has 2 heteroatoms. The predicted octanol–water partition coefficient (Wildman–Crippen LogP) is 14.5. The summed E-state index contributed by atoms with van der Waals surface area (Å²) in [6.45, 7) is 0. The molecule has 0 aliphatic heterocycles. The van der Waals surface area contributed by atoms with Crippen molar-refractivity contribution in [3.05, 3.63) is 218 Å². The molecular formula is C54H36N2. The lowest BCUT2D eigenvalue weighted by Gasteiger charge is -2.16. The van der Waals surface area contributed by atoms with Crippen molar-refractivity contribution in [2.75, 3.05) is 0 Å². The summed E-state index contributed by atoms with van der Waals surface area (Å²) in [6, 6.07) is 79.5.